The highest BCUT2D eigenvalue weighted by atomic mass is 16.5. The highest BCUT2D eigenvalue weighted by Crippen LogP contribution is 2.28. The highest BCUT2D eigenvalue weighted by Gasteiger charge is 2.31. The van der Waals surface area contributed by atoms with E-state index in [4.69, 9.17) is 9.47 Å². The van der Waals surface area contributed by atoms with Crippen LogP contribution in [0.5, 0.6) is 11.6 Å². The summed E-state index contributed by atoms with van der Waals surface area (Å²) in [5.74, 6) is 1.51. The van der Waals surface area contributed by atoms with E-state index in [0.717, 1.165) is 57.0 Å². The van der Waals surface area contributed by atoms with Crippen LogP contribution in [0.25, 0.3) is 0 Å². The van der Waals surface area contributed by atoms with E-state index in [2.05, 4.69) is 21.2 Å². The normalized spacial score (nSPS) is 19.6. The number of aromatic nitrogens is 2. The van der Waals surface area contributed by atoms with Crippen LogP contribution in [0.4, 0.5) is 0 Å². The number of hydrogen-bond donors (Lipinski definition) is 0. The summed E-state index contributed by atoms with van der Waals surface area (Å²) in [5.41, 5.74) is 2.06. The molecule has 7 heteroatoms. The maximum atomic E-state index is 12.8. The Morgan fingerprint density at radius 1 is 1.14 bits per heavy atom. The van der Waals surface area contributed by atoms with E-state index in [1.165, 1.54) is 5.56 Å². The Morgan fingerprint density at radius 2 is 1.96 bits per heavy atom. The van der Waals surface area contributed by atoms with Gasteiger partial charge in [-0.15, -0.1) is 5.10 Å². The van der Waals surface area contributed by atoms with E-state index in [0.29, 0.717) is 12.5 Å². The molecule has 1 unspecified atom stereocenters. The van der Waals surface area contributed by atoms with E-state index in [1.54, 1.807) is 0 Å². The molecule has 1 amide bonds. The molecule has 1 aromatic heterocycles. The summed E-state index contributed by atoms with van der Waals surface area (Å²) < 4.78 is 11.6. The number of aryl methyl sites for hydroxylation is 2. The maximum Gasteiger partial charge on any atom is 0.263 e. The number of nitrogens with zero attached hydrogens (tertiary/aromatic N) is 4. The van der Waals surface area contributed by atoms with Crippen molar-refractivity contribution >= 4 is 5.91 Å². The predicted octanol–water partition coefficient (Wildman–Crippen LogP) is 1.70. The average molecular weight is 382 g/mol. The van der Waals surface area contributed by atoms with Gasteiger partial charge in [0.2, 0.25) is 5.88 Å². The molecule has 2 aromatic rings. The summed E-state index contributed by atoms with van der Waals surface area (Å²) in [6.07, 6.45) is 1.29. The lowest BCUT2D eigenvalue weighted by atomic mass is 10.0. The topological polar surface area (TPSA) is 67.8 Å². The Labute approximate surface area is 165 Å². The van der Waals surface area contributed by atoms with Gasteiger partial charge in [0.1, 0.15) is 12.4 Å². The molecule has 1 fully saturated rings. The lowest BCUT2D eigenvalue weighted by Gasteiger charge is -2.37. The van der Waals surface area contributed by atoms with Crippen molar-refractivity contribution in [1.82, 2.24) is 20.0 Å². The Morgan fingerprint density at radius 3 is 2.75 bits per heavy atom. The molecule has 0 aliphatic carbocycles. The van der Waals surface area contributed by atoms with Gasteiger partial charge in [0, 0.05) is 38.8 Å². The first-order valence-electron chi connectivity index (χ1n) is 9.88. The third-order valence-electron chi connectivity index (χ3n) is 5.31. The van der Waals surface area contributed by atoms with Gasteiger partial charge in [0.05, 0.1) is 5.69 Å². The molecule has 3 heterocycles. The lowest BCUT2D eigenvalue weighted by molar-refractivity contribution is -0.141. The standard InChI is InChI=1S/C21H26N4O3/c1-16-6-9-20(23-22-16)27-15-14-24-10-12-25(13-11-24)21(26)19-8-7-17-4-2-3-5-18(17)28-19/h2-6,9,19H,7-8,10-15H2,1H3. The molecule has 28 heavy (non-hydrogen) atoms. The number of hydrogen-bond acceptors (Lipinski definition) is 6. The van der Waals surface area contributed by atoms with E-state index >= 15 is 0 Å². The smallest absolute Gasteiger partial charge is 0.263 e. The molecule has 2 aliphatic rings. The van der Waals surface area contributed by atoms with Gasteiger partial charge in [0.25, 0.3) is 5.91 Å². The van der Waals surface area contributed by atoms with Crippen LogP contribution in [0.2, 0.25) is 0 Å². The number of amides is 1. The van der Waals surface area contributed by atoms with Crippen molar-refractivity contribution < 1.29 is 14.3 Å². The molecule has 0 spiro atoms. The molecule has 148 valence electrons. The van der Waals surface area contributed by atoms with E-state index in [-0.39, 0.29) is 12.0 Å². The Balaban J connectivity index is 1.21. The minimum Gasteiger partial charge on any atom is -0.480 e. The van der Waals surface area contributed by atoms with Crippen molar-refractivity contribution in [2.75, 3.05) is 39.3 Å². The first-order chi connectivity index (χ1) is 13.7. The van der Waals surface area contributed by atoms with Gasteiger partial charge in [0.15, 0.2) is 6.10 Å². The summed E-state index contributed by atoms with van der Waals surface area (Å²) in [7, 11) is 0. The largest absolute Gasteiger partial charge is 0.480 e. The number of piperazine rings is 1. The number of carbonyl (C=O) groups is 1. The zero-order valence-corrected chi connectivity index (χ0v) is 16.2. The zero-order valence-electron chi connectivity index (χ0n) is 16.2. The quantitative estimate of drug-likeness (QED) is 0.784. The first-order valence-corrected chi connectivity index (χ1v) is 9.88. The summed E-state index contributed by atoms with van der Waals surface area (Å²) >= 11 is 0. The molecule has 0 bridgehead atoms. The molecular formula is C21H26N4O3. The van der Waals surface area contributed by atoms with Crippen molar-refractivity contribution in [3.8, 4) is 11.6 Å². The van der Waals surface area contributed by atoms with Crippen LogP contribution in [0.1, 0.15) is 17.7 Å². The van der Waals surface area contributed by atoms with Crippen LogP contribution in [0, 0.1) is 6.92 Å². The Bertz CT molecular complexity index is 804. The monoisotopic (exact) mass is 382 g/mol. The van der Waals surface area contributed by atoms with Gasteiger partial charge < -0.3 is 14.4 Å². The first kappa shape index (κ1) is 18.7. The van der Waals surface area contributed by atoms with E-state index in [9.17, 15) is 4.79 Å². The number of rotatable bonds is 5. The van der Waals surface area contributed by atoms with Gasteiger partial charge >= 0.3 is 0 Å². The summed E-state index contributed by atoms with van der Waals surface area (Å²) in [6.45, 7) is 6.42. The SMILES string of the molecule is Cc1ccc(OCCN2CCN(C(=O)C3CCc4ccccc4O3)CC2)nn1. The van der Waals surface area contributed by atoms with Gasteiger partial charge in [-0.05, 0) is 37.5 Å². The third-order valence-corrected chi connectivity index (χ3v) is 5.31. The van der Waals surface area contributed by atoms with Gasteiger partial charge in [-0.2, -0.15) is 5.10 Å². The van der Waals surface area contributed by atoms with Crippen molar-refractivity contribution in [2.45, 2.75) is 25.9 Å². The molecule has 1 aromatic carbocycles. The van der Waals surface area contributed by atoms with Crippen molar-refractivity contribution in [2.24, 2.45) is 0 Å². The fourth-order valence-electron chi connectivity index (χ4n) is 3.64. The summed E-state index contributed by atoms with van der Waals surface area (Å²) in [4.78, 5) is 17.1. The molecule has 1 atom stereocenters. The minimum atomic E-state index is -0.357. The number of fused-ring (bicyclic) bond motifs is 1. The lowest BCUT2D eigenvalue weighted by Crippen LogP contribution is -2.53. The van der Waals surface area contributed by atoms with Crippen LogP contribution in [-0.4, -0.2) is 71.3 Å². The molecule has 0 saturated carbocycles. The van der Waals surface area contributed by atoms with Crippen molar-refractivity contribution in [3.05, 3.63) is 47.7 Å². The van der Waals surface area contributed by atoms with Gasteiger partial charge in [-0.3, -0.25) is 9.69 Å². The maximum absolute atomic E-state index is 12.8. The number of para-hydroxylation sites is 1. The second-order valence-electron chi connectivity index (χ2n) is 7.28. The molecule has 1 saturated heterocycles. The Kier molecular flexibility index (Phi) is 5.71. The fourth-order valence-corrected chi connectivity index (χ4v) is 3.64. The average Bonchev–Trinajstić information content (AvgIpc) is 2.75. The third kappa shape index (κ3) is 4.42. The molecular weight excluding hydrogens is 356 g/mol. The predicted molar refractivity (Wildman–Crippen MR) is 104 cm³/mol. The zero-order chi connectivity index (χ0) is 19.3. The van der Waals surface area contributed by atoms with Crippen LogP contribution >= 0.6 is 0 Å². The van der Waals surface area contributed by atoms with E-state index < -0.39 is 0 Å². The number of carbonyl (C=O) groups excluding carboxylic acids is 1. The number of benzene rings is 1. The second-order valence-corrected chi connectivity index (χ2v) is 7.28. The van der Waals surface area contributed by atoms with Crippen LogP contribution in [0.3, 0.4) is 0 Å². The minimum absolute atomic E-state index is 0.111. The molecule has 0 N–H and O–H groups in total. The summed E-state index contributed by atoms with van der Waals surface area (Å²) in [6, 6.07) is 11.7. The van der Waals surface area contributed by atoms with Gasteiger partial charge in [-0.1, -0.05) is 18.2 Å². The molecule has 4 rings (SSSR count). The van der Waals surface area contributed by atoms with Crippen molar-refractivity contribution in [3.63, 3.8) is 0 Å². The molecule has 0 radical (unpaired) electrons. The summed E-state index contributed by atoms with van der Waals surface area (Å²) in [5, 5.41) is 7.99. The van der Waals surface area contributed by atoms with Crippen LogP contribution < -0.4 is 9.47 Å². The molecule has 7 nitrogen and oxygen atoms in total. The Hall–Kier alpha value is -2.67. The number of ether oxygens (including phenoxy) is 2. The van der Waals surface area contributed by atoms with Crippen LogP contribution in [-0.2, 0) is 11.2 Å². The van der Waals surface area contributed by atoms with Crippen LogP contribution in [0.15, 0.2) is 36.4 Å². The second kappa shape index (κ2) is 8.56. The highest BCUT2D eigenvalue weighted by molar-refractivity contribution is 5.81. The van der Waals surface area contributed by atoms with E-state index in [1.807, 2.05) is 42.2 Å². The van der Waals surface area contributed by atoms with Gasteiger partial charge in [-0.25, -0.2) is 0 Å². The van der Waals surface area contributed by atoms with Crippen molar-refractivity contribution in [1.29, 1.82) is 0 Å². The fraction of sp³-hybridized carbons (Fsp3) is 0.476. The molecule has 2 aliphatic heterocycles.